The molecule has 1 aromatic heterocycles. The lowest BCUT2D eigenvalue weighted by atomic mass is 9.89. The number of sulfonamides is 1. The van der Waals surface area contributed by atoms with Gasteiger partial charge in [-0.25, -0.2) is 8.42 Å². The lowest BCUT2D eigenvalue weighted by molar-refractivity contribution is -0.138. The Kier molecular flexibility index (Phi) is 7.02. The number of aromatic nitrogens is 1. The number of amides is 1. The summed E-state index contributed by atoms with van der Waals surface area (Å²) in [4.78, 5) is 19.2. The molecule has 0 spiro atoms. The second kappa shape index (κ2) is 9.92. The third kappa shape index (κ3) is 5.33. The van der Waals surface area contributed by atoms with E-state index in [-0.39, 0.29) is 16.7 Å². The lowest BCUT2D eigenvalue weighted by Gasteiger charge is -2.37. The minimum Gasteiger partial charge on any atom is -0.342 e. The molecule has 0 radical (unpaired) electrons. The van der Waals surface area contributed by atoms with Gasteiger partial charge in [-0.15, -0.1) is 0 Å². The molecule has 6 nitrogen and oxygen atoms in total. The van der Waals surface area contributed by atoms with Crippen molar-refractivity contribution in [2.45, 2.75) is 43.4 Å². The fourth-order valence-corrected chi connectivity index (χ4v) is 6.14. The van der Waals surface area contributed by atoms with E-state index in [4.69, 9.17) is 0 Å². The third-order valence-corrected chi connectivity index (χ3v) is 8.57. The molecule has 1 aromatic carbocycles. The Labute approximate surface area is 185 Å². The Morgan fingerprint density at radius 3 is 2.29 bits per heavy atom. The van der Waals surface area contributed by atoms with Crippen LogP contribution in [0.5, 0.6) is 0 Å². The minimum absolute atomic E-state index is 0.0683. The van der Waals surface area contributed by atoms with Crippen molar-refractivity contribution in [2.24, 2.45) is 11.8 Å². The monoisotopic (exact) mass is 441 g/mol. The zero-order valence-corrected chi connectivity index (χ0v) is 18.7. The number of aryl methyl sites for hydroxylation is 1. The molecule has 0 aliphatic carbocycles. The van der Waals surface area contributed by atoms with Crippen molar-refractivity contribution >= 4 is 15.9 Å². The maximum absolute atomic E-state index is 13.0. The summed E-state index contributed by atoms with van der Waals surface area (Å²) in [7, 11) is -3.53. The van der Waals surface area contributed by atoms with Crippen LogP contribution < -0.4 is 0 Å². The Morgan fingerprint density at radius 1 is 0.935 bits per heavy atom. The molecule has 0 unspecified atom stereocenters. The van der Waals surface area contributed by atoms with Crippen LogP contribution in [0.2, 0.25) is 0 Å². The molecule has 0 bridgehead atoms. The Bertz CT molecular complexity index is 950. The zero-order chi connectivity index (χ0) is 21.7. The van der Waals surface area contributed by atoms with Crippen LogP contribution in [0.15, 0.2) is 59.8 Å². The number of piperidine rings is 2. The van der Waals surface area contributed by atoms with Crippen molar-refractivity contribution in [2.75, 3.05) is 26.2 Å². The molecule has 2 aromatic rings. The predicted molar refractivity (Wildman–Crippen MR) is 120 cm³/mol. The van der Waals surface area contributed by atoms with Crippen molar-refractivity contribution in [3.63, 3.8) is 0 Å². The molecule has 1 amide bonds. The van der Waals surface area contributed by atoms with Gasteiger partial charge in [0.05, 0.1) is 0 Å². The summed E-state index contributed by atoms with van der Waals surface area (Å²) in [6, 6.07) is 13.8. The van der Waals surface area contributed by atoms with E-state index in [1.54, 1.807) is 18.3 Å². The summed E-state index contributed by atoms with van der Waals surface area (Å²) >= 11 is 0. The first-order valence-electron chi connectivity index (χ1n) is 11.3. The van der Waals surface area contributed by atoms with Crippen LogP contribution in [0.3, 0.4) is 0 Å². The van der Waals surface area contributed by atoms with Gasteiger partial charge in [-0.3, -0.25) is 9.78 Å². The highest BCUT2D eigenvalue weighted by atomic mass is 32.2. The predicted octanol–water partition coefficient (Wildman–Crippen LogP) is 3.35. The average molecular weight is 442 g/mol. The molecule has 3 heterocycles. The number of hydrogen-bond acceptors (Lipinski definition) is 4. The summed E-state index contributed by atoms with van der Waals surface area (Å²) in [5, 5.41) is 0. The number of nitrogens with zero attached hydrogens (tertiary/aromatic N) is 3. The molecule has 166 valence electrons. The van der Waals surface area contributed by atoms with Crippen LogP contribution in [0.1, 0.15) is 37.7 Å². The number of rotatable bonds is 6. The van der Waals surface area contributed by atoms with Gasteiger partial charge < -0.3 is 4.90 Å². The van der Waals surface area contributed by atoms with Crippen molar-refractivity contribution in [3.8, 4) is 0 Å². The highest BCUT2D eigenvalue weighted by Crippen LogP contribution is 2.28. The average Bonchev–Trinajstić information content (AvgIpc) is 2.84. The van der Waals surface area contributed by atoms with Gasteiger partial charge in [0.15, 0.2) is 0 Å². The number of pyridine rings is 1. The number of likely N-dealkylation sites (tertiary alicyclic amines) is 1. The normalized spacial score (nSPS) is 19.4. The van der Waals surface area contributed by atoms with Gasteiger partial charge in [0.1, 0.15) is 4.90 Å². The second-order valence-corrected chi connectivity index (χ2v) is 10.6. The first-order chi connectivity index (χ1) is 15.0. The number of carbonyl (C=O) groups excluding carboxylic acids is 1. The Hall–Kier alpha value is -2.25. The van der Waals surface area contributed by atoms with Crippen LogP contribution in [0, 0.1) is 11.8 Å². The summed E-state index contributed by atoms with van der Waals surface area (Å²) in [6.07, 6.45) is 8.53. The van der Waals surface area contributed by atoms with Crippen LogP contribution >= 0.6 is 0 Å². The maximum Gasteiger partial charge on any atom is 0.244 e. The van der Waals surface area contributed by atoms with E-state index < -0.39 is 10.0 Å². The van der Waals surface area contributed by atoms with E-state index in [0.717, 1.165) is 32.4 Å². The highest BCUT2D eigenvalue weighted by Gasteiger charge is 2.34. The van der Waals surface area contributed by atoms with Gasteiger partial charge in [-0.05, 0) is 62.1 Å². The van der Waals surface area contributed by atoms with Gasteiger partial charge >= 0.3 is 0 Å². The van der Waals surface area contributed by atoms with Crippen LogP contribution in [-0.4, -0.2) is 54.7 Å². The fraction of sp³-hybridized carbons (Fsp3) is 0.500. The van der Waals surface area contributed by atoms with E-state index in [1.165, 1.54) is 22.5 Å². The number of hydrogen-bond donors (Lipinski definition) is 0. The van der Waals surface area contributed by atoms with Crippen molar-refractivity contribution in [1.29, 1.82) is 0 Å². The van der Waals surface area contributed by atoms with Gasteiger partial charge in [0, 0.05) is 44.5 Å². The smallest absolute Gasteiger partial charge is 0.244 e. The maximum atomic E-state index is 13.0. The molecule has 2 aliphatic rings. The Balaban J connectivity index is 1.23. The van der Waals surface area contributed by atoms with Gasteiger partial charge in [-0.1, -0.05) is 30.3 Å². The fourth-order valence-electron chi connectivity index (χ4n) is 4.71. The molecule has 4 rings (SSSR count). The summed E-state index contributed by atoms with van der Waals surface area (Å²) in [5.41, 5.74) is 1.38. The quantitative estimate of drug-likeness (QED) is 0.689. The zero-order valence-electron chi connectivity index (χ0n) is 17.9. The molecule has 0 atom stereocenters. The molecule has 2 aliphatic heterocycles. The first kappa shape index (κ1) is 22.0. The molecule has 2 saturated heterocycles. The third-order valence-electron chi connectivity index (χ3n) is 6.69. The van der Waals surface area contributed by atoms with E-state index in [9.17, 15) is 13.2 Å². The Morgan fingerprint density at radius 2 is 1.65 bits per heavy atom. The van der Waals surface area contributed by atoms with Gasteiger partial charge in [0.2, 0.25) is 15.9 Å². The summed E-state index contributed by atoms with van der Waals surface area (Å²) in [5.74, 6) is 0.817. The van der Waals surface area contributed by atoms with E-state index >= 15 is 0 Å². The van der Waals surface area contributed by atoms with Gasteiger partial charge in [0.25, 0.3) is 0 Å². The number of benzene rings is 1. The molecule has 7 heteroatoms. The molecule has 0 N–H and O–H groups in total. The van der Waals surface area contributed by atoms with Crippen LogP contribution in [0.25, 0.3) is 0 Å². The van der Waals surface area contributed by atoms with Crippen LogP contribution in [-0.2, 0) is 21.2 Å². The first-order valence-corrected chi connectivity index (χ1v) is 12.7. The van der Waals surface area contributed by atoms with Gasteiger partial charge in [-0.2, -0.15) is 4.31 Å². The molecule has 31 heavy (non-hydrogen) atoms. The SMILES string of the molecule is O=C(C1CCN(S(=O)(=O)c2cccnc2)CC1)N1CCC(CCc2ccccc2)CC1. The number of carbonyl (C=O) groups is 1. The van der Waals surface area contributed by atoms with E-state index in [0.29, 0.717) is 31.8 Å². The molecular weight excluding hydrogens is 410 g/mol. The largest absolute Gasteiger partial charge is 0.342 e. The van der Waals surface area contributed by atoms with E-state index in [1.807, 2.05) is 11.0 Å². The topological polar surface area (TPSA) is 70.6 Å². The summed E-state index contributed by atoms with van der Waals surface area (Å²) < 4.78 is 27.0. The minimum atomic E-state index is -3.53. The highest BCUT2D eigenvalue weighted by molar-refractivity contribution is 7.89. The van der Waals surface area contributed by atoms with Crippen molar-refractivity contribution in [1.82, 2.24) is 14.2 Å². The van der Waals surface area contributed by atoms with Crippen molar-refractivity contribution in [3.05, 3.63) is 60.4 Å². The molecule has 0 saturated carbocycles. The standard InChI is InChI=1S/C24H31N3O3S/c28-24(26-15-10-21(11-16-26)9-8-20-5-2-1-3-6-20)22-12-17-27(18-13-22)31(29,30)23-7-4-14-25-19-23/h1-7,14,19,21-22H,8-13,15-18H2. The van der Waals surface area contributed by atoms with E-state index in [2.05, 4.69) is 29.2 Å². The molecular formula is C24H31N3O3S. The summed E-state index contributed by atoms with van der Waals surface area (Å²) in [6.45, 7) is 2.43. The van der Waals surface area contributed by atoms with Crippen molar-refractivity contribution < 1.29 is 13.2 Å². The van der Waals surface area contributed by atoms with Crippen LogP contribution in [0.4, 0.5) is 0 Å². The lowest BCUT2D eigenvalue weighted by Crippen LogP contribution is -2.46. The second-order valence-electron chi connectivity index (χ2n) is 8.66. The molecule has 2 fully saturated rings.